The van der Waals surface area contributed by atoms with Crippen LogP contribution in [0.5, 0.6) is 0 Å². The van der Waals surface area contributed by atoms with Gasteiger partial charge < -0.3 is 11.5 Å². The van der Waals surface area contributed by atoms with Crippen LogP contribution < -0.4 is 11.5 Å². The van der Waals surface area contributed by atoms with Gasteiger partial charge in [-0.3, -0.25) is 0 Å². The molecule has 1 aliphatic rings. The van der Waals surface area contributed by atoms with Crippen LogP contribution in [0.15, 0.2) is 0 Å². The lowest BCUT2D eigenvalue weighted by atomic mass is 9.97. The highest BCUT2D eigenvalue weighted by Crippen LogP contribution is 2.26. The van der Waals surface area contributed by atoms with E-state index >= 15 is 0 Å². The Kier molecular flexibility index (Phi) is 5.59. The molecule has 0 unspecified atom stereocenters. The van der Waals surface area contributed by atoms with E-state index in [0.29, 0.717) is 6.04 Å². The number of hydrogen-bond acceptors (Lipinski definition) is 2. The predicted molar refractivity (Wildman–Crippen MR) is 55.4 cm³/mol. The highest BCUT2D eigenvalue weighted by atomic mass is 19.4. The summed E-state index contributed by atoms with van der Waals surface area (Å²) in [5, 5.41) is 0. The standard InChI is InChI=1S/C6H13N.C4H8F3N/c7-6-4-2-1-3-5-6;1-3(2,8)4(5,6)7/h6H,1-5,7H2;8H2,1-2H3. The van der Waals surface area contributed by atoms with Gasteiger partial charge in [-0.25, -0.2) is 0 Å². The minimum atomic E-state index is -4.28. The maximum atomic E-state index is 11.4. The molecule has 15 heavy (non-hydrogen) atoms. The molecular weight excluding hydrogens is 205 g/mol. The van der Waals surface area contributed by atoms with Crippen molar-refractivity contribution in [2.45, 2.75) is 63.7 Å². The van der Waals surface area contributed by atoms with Crippen LogP contribution in [-0.4, -0.2) is 17.8 Å². The maximum absolute atomic E-state index is 11.4. The van der Waals surface area contributed by atoms with Gasteiger partial charge in [0.05, 0.1) is 0 Å². The summed E-state index contributed by atoms with van der Waals surface area (Å²) in [4.78, 5) is 0. The molecular formula is C10H21F3N2. The lowest BCUT2D eigenvalue weighted by molar-refractivity contribution is -0.175. The lowest BCUT2D eigenvalue weighted by Gasteiger charge is -2.21. The number of alkyl halides is 3. The van der Waals surface area contributed by atoms with E-state index in [1.54, 1.807) is 0 Å². The molecule has 1 aliphatic carbocycles. The first-order chi connectivity index (χ1) is 6.64. The normalized spacial score (nSPS) is 19.4. The van der Waals surface area contributed by atoms with Crippen LogP contribution in [0.4, 0.5) is 13.2 Å². The minimum Gasteiger partial charge on any atom is -0.328 e. The number of hydrogen-bond donors (Lipinski definition) is 2. The summed E-state index contributed by atoms with van der Waals surface area (Å²) >= 11 is 0. The Morgan fingerprint density at radius 3 is 1.47 bits per heavy atom. The molecule has 1 fully saturated rings. The van der Waals surface area contributed by atoms with Crippen molar-refractivity contribution in [2.75, 3.05) is 0 Å². The number of rotatable bonds is 0. The molecule has 5 heteroatoms. The second kappa shape index (κ2) is 5.70. The van der Waals surface area contributed by atoms with Gasteiger partial charge in [-0.15, -0.1) is 0 Å². The molecule has 0 spiro atoms. The first kappa shape index (κ1) is 14.7. The summed E-state index contributed by atoms with van der Waals surface area (Å²) in [6, 6.07) is 0.536. The summed E-state index contributed by atoms with van der Waals surface area (Å²) in [6.07, 6.45) is 2.38. The molecule has 1 rings (SSSR count). The number of nitrogens with two attached hydrogens (primary N) is 2. The largest absolute Gasteiger partial charge is 0.405 e. The second-order valence-electron chi connectivity index (χ2n) is 4.62. The van der Waals surface area contributed by atoms with Crippen molar-refractivity contribution in [2.24, 2.45) is 11.5 Å². The summed E-state index contributed by atoms with van der Waals surface area (Å²) in [6.45, 7) is 1.85. The molecule has 92 valence electrons. The summed E-state index contributed by atoms with van der Waals surface area (Å²) in [5.41, 5.74) is 8.26. The zero-order valence-electron chi connectivity index (χ0n) is 9.40. The van der Waals surface area contributed by atoms with Gasteiger partial charge in [-0.1, -0.05) is 19.3 Å². The van der Waals surface area contributed by atoms with E-state index in [1.165, 1.54) is 32.1 Å². The van der Waals surface area contributed by atoms with Gasteiger partial charge >= 0.3 is 6.18 Å². The first-order valence-corrected chi connectivity index (χ1v) is 5.26. The summed E-state index contributed by atoms with van der Waals surface area (Å²) < 4.78 is 34.3. The maximum Gasteiger partial charge on any atom is 0.405 e. The molecule has 0 aromatic carbocycles. The van der Waals surface area contributed by atoms with Crippen molar-refractivity contribution in [1.29, 1.82) is 0 Å². The first-order valence-electron chi connectivity index (χ1n) is 5.26. The van der Waals surface area contributed by atoms with Crippen molar-refractivity contribution >= 4 is 0 Å². The molecule has 0 bridgehead atoms. The molecule has 0 heterocycles. The van der Waals surface area contributed by atoms with Gasteiger partial charge in [0.1, 0.15) is 5.54 Å². The molecule has 0 aliphatic heterocycles. The summed E-state index contributed by atoms with van der Waals surface area (Å²) in [7, 11) is 0. The van der Waals surface area contributed by atoms with E-state index in [-0.39, 0.29) is 0 Å². The van der Waals surface area contributed by atoms with Crippen LogP contribution in [0.2, 0.25) is 0 Å². The molecule has 2 nitrogen and oxygen atoms in total. The van der Waals surface area contributed by atoms with Crippen LogP contribution in [0.1, 0.15) is 46.0 Å². The Balaban J connectivity index is 0.000000262. The molecule has 0 saturated heterocycles. The monoisotopic (exact) mass is 226 g/mol. The smallest absolute Gasteiger partial charge is 0.328 e. The van der Waals surface area contributed by atoms with Gasteiger partial charge in [0, 0.05) is 6.04 Å². The Morgan fingerprint density at radius 1 is 1.00 bits per heavy atom. The molecule has 0 aromatic rings. The van der Waals surface area contributed by atoms with Crippen molar-refractivity contribution in [1.82, 2.24) is 0 Å². The third kappa shape index (κ3) is 6.73. The van der Waals surface area contributed by atoms with Crippen molar-refractivity contribution < 1.29 is 13.2 Å². The fourth-order valence-electron chi connectivity index (χ4n) is 1.13. The lowest BCUT2D eigenvalue weighted by Crippen LogP contribution is -2.47. The van der Waals surface area contributed by atoms with Gasteiger partial charge in [-0.05, 0) is 26.7 Å². The Bertz CT molecular complexity index is 154. The molecule has 0 radical (unpaired) electrons. The molecule has 4 N–H and O–H groups in total. The Labute approximate surface area is 89.2 Å². The molecule has 1 saturated carbocycles. The van der Waals surface area contributed by atoms with Gasteiger partial charge in [0.2, 0.25) is 0 Å². The van der Waals surface area contributed by atoms with Crippen LogP contribution in [0.25, 0.3) is 0 Å². The van der Waals surface area contributed by atoms with E-state index < -0.39 is 11.7 Å². The van der Waals surface area contributed by atoms with E-state index in [4.69, 9.17) is 5.73 Å². The van der Waals surface area contributed by atoms with E-state index in [1.807, 2.05) is 0 Å². The Hall–Kier alpha value is -0.290. The zero-order chi connectivity index (χ0) is 12.1. The van der Waals surface area contributed by atoms with E-state index in [2.05, 4.69) is 5.73 Å². The van der Waals surface area contributed by atoms with Crippen LogP contribution in [0, 0.1) is 0 Å². The predicted octanol–water partition coefficient (Wildman–Crippen LogP) is 2.56. The van der Waals surface area contributed by atoms with Crippen molar-refractivity contribution in [3.8, 4) is 0 Å². The molecule has 0 atom stereocenters. The fraction of sp³-hybridized carbons (Fsp3) is 1.00. The molecule has 0 amide bonds. The third-order valence-electron chi connectivity index (χ3n) is 2.38. The average Bonchev–Trinajstić information content (AvgIpc) is 2.02. The minimum absolute atomic E-state index is 0.536. The SMILES string of the molecule is CC(C)(N)C(F)(F)F.NC1CCCCC1. The topological polar surface area (TPSA) is 52.0 Å². The van der Waals surface area contributed by atoms with Gasteiger partial charge in [-0.2, -0.15) is 13.2 Å². The quantitative estimate of drug-likeness (QED) is 0.667. The summed E-state index contributed by atoms with van der Waals surface area (Å²) in [5.74, 6) is 0. The molecule has 0 aromatic heterocycles. The van der Waals surface area contributed by atoms with Crippen molar-refractivity contribution in [3.05, 3.63) is 0 Å². The highest BCUT2D eigenvalue weighted by Gasteiger charge is 2.43. The zero-order valence-corrected chi connectivity index (χ0v) is 9.40. The van der Waals surface area contributed by atoms with Crippen molar-refractivity contribution in [3.63, 3.8) is 0 Å². The highest BCUT2D eigenvalue weighted by molar-refractivity contribution is 4.80. The Morgan fingerprint density at radius 2 is 1.33 bits per heavy atom. The van der Waals surface area contributed by atoms with Crippen LogP contribution in [0.3, 0.4) is 0 Å². The van der Waals surface area contributed by atoms with E-state index in [0.717, 1.165) is 13.8 Å². The van der Waals surface area contributed by atoms with Crippen LogP contribution >= 0.6 is 0 Å². The fourth-order valence-corrected chi connectivity index (χ4v) is 1.13. The second-order valence-corrected chi connectivity index (χ2v) is 4.62. The third-order valence-corrected chi connectivity index (χ3v) is 2.38. The number of halogens is 3. The van der Waals surface area contributed by atoms with Crippen LogP contribution in [-0.2, 0) is 0 Å². The van der Waals surface area contributed by atoms with Gasteiger partial charge in [0.25, 0.3) is 0 Å². The average molecular weight is 226 g/mol. The van der Waals surface area contributed by atoms with E-state index in [9.17, 15) is 13.2 Å². The van der Waals surface area contributed by atoms with Gasteiger partial charge in [0.15, 0.2) is 0 Å².